The molecule has 4 aromatic rings. The van der Waals surface area contributed by atoms with Crippen LogP contribution >= 0.6 is 0 Å². The molecule has 0 saturated heterocycles. The molecule has 0 bridgehead atoms. The summed E-state index contributed by atoms with van der Waals surface area (Å²) in [7, 11) is 0. The van der Waals surface area contributed by atoms with E-state index in [0.717, 1.165) is 17.0 Å². The van der Waals surface area contributed by atoms with Crippen molar-refractivity contribution in [1.82, 2.24) is 14.8 Å². The molecule has 9 nitrogen and oxygen atoms in total. The van der Waals surface area contributed by atoms with Crippen molar-refractivity contribution in [1.29, 1.82) is 0 Å². The van der Waals surface area contributed by atoms with Crippen LogP contribution in [-0.2, 0) is 11.4 Å². The van der Waals surface area contributed by atoms with E-state index in [9.17, 15) is 4.79 Å². The molecular formula is C24H19N5O4. The molecule has 0 unspecified atom stereocenters. The molecule has 0 spiro atoms. The number of ether oxygens (including phenoxy) is 3. The van der Waals surface area contributed by atoms with Gasteiger partial charge in [-0.3, -0.25) is 0 Å². The van der Waals surface area contributed by atoms with E-state index in [1.165, 1.54) is 4.68 Å². The number of nitrogens with zero attached hydrogens (tertiary/aromatic N) is 3. The lowest BCUT2D eigenvalue weighted by Gasteiger charge is -2.18. The van der Waals surface area contributed by atoms with Crippen LogP contribution in [0.15, 0.2) is 78.6 Å². The Morgan fingerprint density at radius 1 is 1.06 bits per heavy atom. The molecule has 1 aliphatic rings. The standard InChI is InChI=1S/C24H19N5O4/c25-23-27-24(26-17-6-11-21-22(12-17)32-15-20(13-30)33-21)28-29(23)18-7-9-19(10-8-18)31-14-16-4-2-1-3-5-16/h1-12H,14-15H2,(H3,25,26,27,28). The molecule has 0 radical (unpaired) electrons. The first-order valence-corrected chi connectivity index (χ1v) is 10.1. The number of nitrogens with one attached hydrogen (secondary N) is 1. The minimum Gasteiger partial charge on any atom is -0.489 e. The van der Waals surface area contributed by atoms with E-state index in [-0.39, 0.29) is 18.3 Å². The van der Waals surface area contributed by atoms with E-state index in [1.54, 1.807) is 24.1 Å². The van der Waals surface area contributed by atoms with Crippen molar-refractivity contribution in [3.63, 3.8) is 0 Å². The van der Waals surface area contributed by atoms with Crippen LogP contribution in [0.2, 0.25) is 0 Å². The Kier molecular flexibility index (Phi) is 5.37. The lowest BCUT2D eigenvalue weighted by molar-refractivity contribution is 0.235. The summed E-state index contributed by atoms with van der Waals surface area (Å²) in [5, 5.41) is 7.53. The van der Waals surface area contributed by atoms with Crippen LogP contribution in [0.3, 0.4) is 0 Å². The minimum absolute atomic E-state index is 0.0326. The van der Waals surface area contributed by atoms with Crippen LogP contribution in [0.1, 0.15) is 5.56 Å². The monoisotopic (exact) mass is 441 g/mol. The lowest BCUT2D eigenvalue weighted by Crippen LogP contribution is -2.14. The van der Waals surface area contributed by atoms with Crippen molar-refractivity contribution in [3.05, 3.63) is 84.1 Å². The highest BCUT2D eigenvalue weighted by Gasteiger charge is 2.18. The summed E-state index contributed by atoms with van der Waals surface area (Å²) in [6, 6.07) is 22.6. The van der Waals surface area contributed by atoms with Crippen LogP contribution in [0, 0.1) is 0 Å². The Morgan fingerprint density at radius 3 is 2.67 bits per heavy atom. The number of fused-ring (bicyclic) bond motifs is 1. The zero-order valence-electron chi connectivity index (χ0n) is 17.4. The number of benzene rings is 3. The third kappa shape index (κ3) is 4.48. The zero-order chi connectivity index (χ0) is 22.6. The number of hydrogen-bond donors (Lipinski definition) is 2. The van der Waals surface area contributed by atoms with Crippen molar-refractivity contribution in [3.8, 4) is 22.9 Å². The van der Waals surface area contributed by atoms with E-state index in [0.29, 0.717) is 29.7 Å². The van der Waals surface area contributed by atoms with Gasteiger partial charge in [-0.05, 0) is 42.0 Å². The summed E-state index contributed by atoms with van der Waals surface area (Å²) in [4.78, 5) is 15.0. The number of rotatable bonds is 6. The fourth-order valence-corrected chi connectivity index (χ4v) is 3.26. The van der Waals surface area contributed by atoms with Gasteiger partial charge in [-0.2, -0.15) is 9.67 Å². The Morgan fingerprint density at radius 2 is 1.88 bits per heavy atom. The number of aromatic nitrogens is 3. The molecule has 0 saturated carbocycles. The predicted molar refractivity (Wildman–Crippen MR) is 122 cm³/mol. The zero-order valence-corrected chi connectivity index (χ0v) is 17.4. The van der Waals surface area contributed by atoms with Crippen molar-refractivity contribution < 1.29 is 19.0 Å². The molecule has 5 rings (SSSR count). The van der Waals surface area contributed by atoms with Crippen molar-refractivity contribution >= 4 is 23.5 Å². The van der Waals surface area contributed by atoms with Gasteiger partial charge in [0.2, 0.25) is 17.7 Å². The third-order valence-corrected chi connectivity index (χ3v) is 4.87. The molecule has 1 aromatic heterocycles. The fourth-order valence-electron chi connectivity index (χ4n) is 3.26. The molecule has 3 N–H and O–H groups in total. The number of nitrogens with two attached hydrogens (primary N) is 1. The minimum atomic E-state index is 0.0326. The molecule has 0 atom stereocenters. The Labute approximate surface area is 189 Å². The second kappa shape index (κ2) is 8.78. The Balaban J connectivity index is 1.27. The van der Waals surface area contributed by atoms with Crippen LogP contribution in [-0.4, -0.2) is 27.3 Å². The first kappa shape index (κ1) is 20.2. The van der Waals surface area contributed by atoms with Gasteiger partial charge in [-0.25, -0.2) is 4.79 Å². The van der Waals surface area contributed by atoms with Crippen molar-refractivity contribution in [2.45, 2.75) is 6.61 Å². The smallest absolute Gasteiger partial charge is 0.248 e. The third-order valence-electron chi connectivity index (χ3n) is 4.87. The summed E-state index contributed by atoms with van der Waals surface area (Å²) >= 11 is 0. The number of carbonyl (C=O) groups excluding carboxylic acids is 1. The summed E-state index contributed by atoms with van der Waals surface area (Å²) in [6.45, 7) is 0.521. The number of hydrogen-bond acceptors (Lipinski definition) is 8. The topological polar surface area (TPSA) is 114 Å². The molecular weight excluding hydrogens is 422 g/mol. The van der Waals surface area contributed by atoms with Crippen molar-refractivity contribution in [2.24, 2.45) is 0 Å². The fraction of sp³-hybridized carbons (Fsp3) is 0.0833. The van der Waals surface area contributed by atoms with Gasteiger partial charge in [-0.15, -0.1) is 5.10 Å². The van der Waals surface area contributed by atoms with E-state index in [2.05, 4.69) is 15.4 Å². The Hall–Kier alpha value is -4.75. The molecule has 1 aliphatic heterocycles. The van der Waals surface area contributed by atoms with Crippen LogP contribution in [0.4, 0.5) is 17.6 Å². The second-order valence-corrected chi connectivity index (χ2v) is 7.18. The molecule has 0 aliphatic carbocycles. The van der Waals surface area contributed by atoms with Gasteiger partial charge in [0.25, 0.3) is 0 Å². The van der Waals surface area contributed by atoms with Crippen molar-refractivity contribution in [2.75, 3.05) is 17.7 Å². The maximum Gasteiger partial charge on any atom is 0.248 e. The molecule has 33 heavy (non-hydrogen) atoms. The van der Waals surface area contributed by atoms with Gasteiger partial charge in [-0.1, -0.05) is 30.3 Å². The SMILES string of the molecule is Nc1nc(Nc2ccc3c(c2)OCC(=C=O)O3)nn1-c1ccc(OCc2ccccc2)cc1. The maximum atomic E-state index is 10.7. The molecule has 0 fully saturated rings. The van der Waals surface area contributed by atoms with Gasteiger partial charge < -0.3 is 25.3 Å². The molecule has 3 aromatic carbocycles. The number of anilines is 3. The average molecular weight is 441 g/mol. The quantitative estimate of drug-likeness (QED) is 0.436. The van der Waals surface area contributed by atoms with Gasteiger partial charge in [0.15, 0.2) is 24.0 Å². The highest BCUT2D eigenvalue weighted by molar-refractivity contribution is 5.62. The molecule has 9 heteroatoms. The summed E-state index contributed by atoms with van der Waals surface area (Å²) in [5.74, 6) is 4.04. The summed E-state index contributed by atoms with van der Waals surface area (Å²) < 4.78 is 18.3. The first-order valence-electron chi connectivity index (χ1n) is 10.1. The van der Waals surface area contributed by atoms with Crippen LogP contribution in [0.5, 0.6) is 17.2 Å². The van der Waals surface area contributed by atoms with Gasteiger partial charge in [0.05, 0.1) is 5.69 Å². The van der Waals surface area contributed by atoms with E-state index < -0.39 is 0 Å². The molecule has 0 amide bonds. The summed E-state index contributed by atoms with van der Waals surface area (Å²) in [5.41, 5.74) is 8.59. The maximum absolute atomic E-state index is 10.7. The highest BCUT2D eigenvalue weighted by Crippen LogP contribution is 2.35. The second-order valence-electron chi connectivity index (χ2n) is 7.18. The number of nitrogen functional groups attached to an aromatic ring is 1. The van der Waals surface area contributed by atoms with Gasteiger partial charge in [0.1, 0.15) is 12.4 Å². The normalized spacial score (nSPS) is 12.2. The predicted octanol–water partition coefficient (Wildman–Crippen LogP) is 3.66. The molecule has 2 heterocycles. The van der Waals surface area contributed by atoms with Crippen LogP contribution in [0.25, 0.3) is 5.69 Å². The van der Waals surface area contributed by atoms with Gasteiger partial charge >= 0.3 is 0 Å². The highest BCUT2D eigenvalue weighted by atomic mass is 16.6. The largest absolute Gasteiger partial charge is 0.489 e. The van der Waals surface area contributed by atoms with Gasteiger partial charge in [0, 0.05) is 11.8 Å². The summed E-state index contributed by atoms with van der Waals surface area (Å²) in [6.07, 6.45) is 0. The van der Waals surface area contributed by atoms with E-state index in [1.807, 2.05) is 54.6 Å². The first-order chi connectivity index (χ1) is 16.2. The van der Waals surface area contributed by atoms with E-state index in [4.69, 9.17) is 19.9 Å². The van der Waals surface area contributed by atoms with E-state index >= 15 is 0 Å². The average Bonchev–Trinajstić information content (AvgIpc) is 3.23. The molecule has 164 valence electrons. The Bertz CT molecular complexity index is 1330. The van der Waals surface area contributed by atoms with Crippen LogP contribution < -0.4 is 25.3 Å². The lowest BCUT2D eigenvalue weighted by atomic mass is 10.2.